The average molecular weight is 375 g/mol. The first-order valence-corrected chi connectivity index (χ1v) is 10.2. The summed E-state index contributed by atoms with van der Waals surface area (Å²) in [6.07, 6.45) is 6.68. The minimum atomic E-state index is -0.605. The minimum absolute atomic E-state index is 0.00639. The lowest BCUT2D eigenvalue weighted by molar-refractivity contribution is -0.136. The zero-order valence-corrected chi connectivity index (χ0v) is 15.9. The third kappa shape index (κ3) is 3.07. The Morgan fingerprint density at radius 2 is 2.23 bits per heavy atom. The van der Waals surface area contributed by atoms with Crippen LogP contribution in [0.2, 0.25) is 0 Å². The number of carbonyl (C=O) groups is 2. The molecule has 140 valence electrons. The van der Waals surface area contributed by atoms with E-state index in [0.29, 0.717) is 32.8 Å². The number of nitrogens with one attached hydrogen (secondary N) is 1. The van der Waals surface area contributed by atoms with Gasteiger partial charge in [-0.25, -0.2) is 4.98 Å². The summed E-state index contributed by atoms with van der Waals surface area (Å²) in [7, 11) is 0. The highest BCUT2D eigenvalue weighted by molar-refractivity contribution is 7.09. The van der Waals surface area contributed by atoms with E-state index in [-0.39, 0.29) is 23.7 Å². The SMILES string of the molecule is CCc1csc(CNC(=O)[C@]23COCC2CN(C(=O)C2CC=CC2)C3)n1. The van der Waals surface area contributed by atoms with Gasteiger partial charge in [-0.3, -0.25) is 9.59 Å². The number of aryl methyl sites for hydroxylation is 1. The van der Waals surface area contributed by atoms with Gasteiger partial charge in [0.2, 0.25) is 11.8 Å². The molecular formula is C19H25N3O3S. The topological polar surface area (TPSA) is 71.5 Å². The van der Waals surface area contributed by atoms with Gasteiger partial charge in [0, 0.05) is 30.3 Å². The van der Waals surface area contributed by atoms with Crippen molar-refractivity contribution >= 4 is 23.2 Å². The molecule has 1 unspecified atom stereocenters. The van der Waals surface area contributed by atoms with E-state index in [9.17, 15) is 9.59 Å². The lowest BCUT2D eigenvalue weighted by Gasteiger charge is -2.26. The van der Waals surface area contributed by atoms with Gasteiger partial charge in [-0.2, -0.15) is 0 Å². The Balaban J connectivity index is 1.41. The molecule has 7 heteroatoms. The Labute approximate surface area is 157 Å². The van der Waals surface area contributed by atoms with Crippen LogP contribution in [0.25, 0.3) is 0 Å². The number of rotatable bonds is 5. The Morgan fingerprint density at radius 1 is 1.42 bits per heavy atom. The van der Waals surface area contributed by atoms with Crippen molar-refractivity contribution in [1.82, 2.24) is 15.2 Å². The van der Waals surface area contributed by atoms with Crippen LogP contribution in [-0.4, -0.2) is 48.0 Å². The molecule has 1 aliphatic carbocycles. The highest BCUT2D eigenvalue weighted by atomic mass is 32.1. The molecule has 3 aliphatic rings. The number of thiazole rings is 1. The molecule has 2 atom stereocenters. The zero-order valence-electron chi connectivity index (χ0n) is 15.1. The number of aromatic nitrogens is 1. The Hall–Kier alpha value is -1.73. The van der Waals surface area contributed by atoms with Crippen molar-refractivity contribution < 1.29 is 14.3 Å². The van der Waals surface area contributed by atoms with Gasteiger partial charge in [0.1, 0.15) is 5.01 Å². The number of carbonyl (C=O) groups excluding carboxylic acids is 2. The van der Waals surface area contributed by atoms with Gasteiger partial charge in [-0.15, -0.1) is 11.3 Å². The van der Waals surface area contributed by atoms with Crippen LogP contribution in [0.1, 0.15) is 30.5 Å². The molecule has 0 spiro atoms. The molecule has 0 radical (unpaired) electrons. The van der Waals surface area contributed by atoms with E-state index in [2.05, 4.69) is 29.4 Å². The summed E-state index contributed by atoms with van der Waals surface area (Å²) < 4.78 is 5.64. The molecule has 0 bridgehead atoms. The Kier molecular flexibility index (Phi) is 4.84. The van der Waals surface area contributed by atoms with Crippen LogP contribution in [0.4, 0.5) is 0 Å². The highest BCUT2D eigenvalue weighted by Crippen LogP contribution is 2.42. The number of fused-ring (bicyclic) bond motifs is 1. The molecule has 2 saturated heterocycles. The number of hydrogen-bond acceptors (Lipinski definition) is 5. The second kappa shape index (κ2) is 7.12. The first kappa shape index (κ1) is 17.7. The Bertz CT molecular complexity index is 723. The highest BCUT2D eigenvalue weighted by Gasteiger charge is 2.57. The Morgan fingerprint density at radius 3 is 2.96 bits per heavy atom. The minimum Gasteiger partial charge on any atom is -0.380 e. The number of likely N-dealkylation sites (tertiary alicyclic amines) is 1. The lowest BCUT2D eigenvalue weighted by atomic mass is 9.80. The van der Waals surface area contributed by atoms with Crippen LogP contribution >= 0.6 is 11.3 Å². The van der Waals surface area contributed by atoms with Gasteiger partial charge < -0.3 is 15.0 Å². The number of allylic oxidation sites excluding steroid dienone is 2. The lowest BCUT2D eigenvalue weighted by Crippen LogP contribution is -2.47. The van der Waals surface area contributed by atoms with E-state index in [4.69, 9.17) is 4.74 Å². The van der Waals surface area contributed by atoms with Crippen LogP contribution in [0, 0.1) is 17.3 Å². The van der Waals surface area contributed by atoms with Crippen molar-refractivity contribution in [3.8, 4) is 0 Å². The van der Waals surface area contributed by atoms with Crippen molar-refractivity contribution in [1.29, 1.82) is 0 Å². The predicted molar refractivity (Wildman–Crippen MR) is 98.5 cm³/mol. The summed E-state index contributed by atoms with van der Waals surface area (Å²) in [4.78, 5) is 32.2. The van der Waals surface area contributed by atoms with Crippen molar-refractivity contribution in [2.45, 2.75) is 32.7 Å². The second-order valence-electron chi connectivity index (χ2n) is 7.50. The maximum atomic E-state index is 13.0. The van der Waals surface area contributed by atoms with Crippen LogP contribution in [0.3, 0.4) is 0 Å². The van der Waals surface area contributed by atoms with E-state index < -0.39 is 5.41 Å². The zero-order chi connectivity index (χ0) is 18.1. The number of ether oxygens (including phenoxy) is 1. The summed E-state index contributed by atoms with van der Waals surface area (Å²) in [6.45, 7) is 4.56. The largest absolute Gasteiger partial charge is 0.380 e. The van der Waals surface area contributed by atoms with Gasteiger partial charge in [0.15, 0.2) is 0 Å². The summed E-state index contributed by atoms with van der Waals surface area (Å²) in [5.74, 6) is 0.318. The number of amides is 2. The van der Waals surface area contributed by atoms with Crippen LogP contribution in [0.15, 0.2) is 17.5 Å². The molecular weight excluding hydrogens is 350 g/mol. The molecule has 2 fully saturated rings. The molecule has 1 N–H and O–H groups in total. The molecule has 26 heavy (non-hydrogen) atoms. The van der Waals surface area contributed by atoms with Crippen LogP contribution < -0.4 is 5.32 Å². The van der Waals surface area contributed by atoms with Gasteiger partial charge >= 0.3 is 0 Å². The molecule has 1 aromatic rings. The number of nitrogens with zero attached hydrogens (tertiary/aromatic N) is 2. The summed E-state index contributed by atoms with van der Waals surface area (Å²) in [5, 5.41) is 6.00. The van der Waals surface area contributed by atoms with E-state index in [1.165, 1.54) is 0 Å². The van der Waals surface area contributed by atoms with Gasteiger partial charge in [0.25, 0.3) is 0 Å². The maximum Gasteiger partial charge on any atom is 0.231 e. The molecule has 2 aliphatic heterocycles. The fourth-order valence-electron chi connectivity index (χ4n) is 4.23. The second-order valence-corrected chi connectivity index (χ2v) is 8.44. The number of hydrogen-bond donors (Lipinski definition) is 1. The van der Waals surface area contributed by atoms with Crippen LogP contribution in [0.5, 0.6) is 0 Å². The monoisotopic (exact) mass is 375 g/mol. The molecule has 6 nitrogen and oxygen atoms in total. The molecule has 4 rings (SSSR count). The maximum absolute atomic E-state index is 13.0. The first-order valence-electron chi connectivity index (χ1n) is 9.35. The van der Waals surface area contributed by atoms with Crippen molar-refractivity contribution in [2.24, 2.45) is 17.3 Å². The van der Waals surface area contributed by atoms with Gasteiger partial charge in [-0.05, 0) is 19.3 Å². The fourth-order valence-corrected chi connectivity index (χ4v) is 5.04. The first-order chi connectivity index (χ1) is 12.6. The molecule has 0 saturated carbocycles. The predicted octanol–water partition coefficient (Wildman–Crippen LogP) is 1.76. The van der Waals surface area contributed by atoms with Gasteiger partial charge in [-0.1, -0.05) is 19.1 Å². The van der Waals surface area contributed by atoms with Crippen molar-refractivity contribution in [3.63, 3.8) is 0 Å². The van der Waals surface area contributed by atoms with E-state index in [0.717, 1.165) is 30.0 Å². The smallest absolute Gasteiger partial charge is 0.231 e. The van der Waals surface area contributed by atoms with Gasteiger partial charge in [0.05, 0.1) is 30.9 Å². The normalized spacial score (nSPS) is 27.9. The van der Waals surface area contributed by atoms with E-state index >= 15 is 0 Å². The average Bonchev–Trinajstić information content (AvgIpc) is 3.42. The van der Waals surface area contributed by atoms with E-state index in [1.54, 1.807) is 11.3 Å². The van der Waals surface area contributed by atoms with Crippen molar-refractivity contribution in [3.05, 3.63) is 28.2 Å². The quantitative estimate of drug-likeness (QED) is 0.796. The standard InChI is InChI=1S/C19H25N3O3S/c1-2-15-10-26-16(21-15)7-20-18(24)19-11-22(8-14(19)9-25-12-19)17(23)13-5-3-4-6-13/h3-4,10,13-14H,2,5-9,11-12H2,1H3,(H,20,24)/t14?,19-/m1/s1. The molecule has 1 aromatic heterocycles. The third-order valence-electron chi connectivity index (χ3n) is 5.86. The molecule has 3 heterocycles. The summed E-state index contributed by atoms with van der Waals surface area (Å²) in [6, 6.07) is 0. The van der Waals surface area contributed by atoms with E-state index in [1.807, 2.05) is 10.3 Å². The van der Waals surface area contributed by atoms with Crippen molar-refractivity contribution in [2.75, 3.05) is 26.3 Å². The molecule has 0 aromatic carbocycles. The summed E-state index contributed by atoms with van der Waals surface area (Å²) >= 11 is 1.58. The van der Waals surface area contributed by atoms with Crippen LogP contribution in [-0.2, 0) is 27.3 Å². The third-order valence-corrected chi connectivity index (χ3v) is 6.75. The molecule has 2 amide bonds. The summed E-state index contributed by atoms with van der Waals surface area (Å²) in [5.41, 5.74) is 0.453. The fraction of sp³-hybridized carbons (Fsp3) is 0.632.